The highest BCUT2D eigenvalue weighted by Crippen LogP contribution is 2.26. The molecule has 4 nitrogen and oxygen atoms in total. The van der Waals surface area contributed by atoms with E-state index in [4.69, 9.17) is 0 Å². The van der Waals surface area contributed by atoms with Gasteiger partial charge in [0.1, 0.15) is 5.69 Å². The summed E-state index contributed by atoms with van der Waals surface area (Å²) in [6.45, 7) is 6.86. The van der Waals surface area contributed by atoms with Crippen molar-refractivity contribution < 1.29 is 4.79 Å². The Hall–Kier alpha value is -2.75. The first kappa shape index (κ1) is 16.1. The van der Waals surface area contributed by atoms with Crippen molar-refractivity contribution in [3.05, 3.63) is 60.6 Å². The molecule has 2 aromatic heterocycles. The zero-order valence-electron chi connectivity index (χ0n) is 14.2. The molecule has 0 spiro atoms. The molecule has 0 aliphatic rings. The summed E-state index contributed by atoms with van der Waals surface area (Å²) in [7, 11) is 0. The highest BCUT2D eigenvalue weighted by molar-refractivity contribution is 5.98. The van der Waals surface area contributed by atoms with Gasteiger partial charge in [0.25, 0.3) is 5.91 Å². The number of carbonyl (C=O) groups is 1. The zero-order valence-corrected chi connectivity index (χ0v) is 14.2. The second kappa shape index (κ2) is 6.40. The number of amides is 1. The lowest BCUT2D eigenvalue weighted by atomic mass is 9.97. The van der Waals surface area contributed by atoms with Gasteiger partial charge in [0.2, 0.25) is 0 Å². The molecular weight excluding hydrogens is 298 g/mol. The molecule has 4 heteroatoms. The number of nitrogens with one attached hydrogen (secondary N) is 1. The number of fused-ring (bicyclic) bond motifs is 1. The maximum absolute atomic E-state index is 12.4. The van der Waals surface area contributed by atoms with Gasteiger partial charge in [-0.3, -0.25) is 9.78 Å². The third-order valence-corrected chi connectivity index (χ3v) is 3.70. The minimum atomic E-state index is -0.150. The van der Waals surface area contributed by atoms with Gasteiger partial charge in [-0.2, -0.15) is 0 Å². The van der Waals surface area contributed by atoms with E-state index in [2.05, 4.69) is 36.1 Å². The van der Waals surface area contributed by atoms with Gasteiger partial charge in [-0.1, -0.05) is 51.1 Å². The number of hydrogen-bond acceptors (Lipinski definition) is 3. The van der Waals surface area contributed by atoms with Gasteiger partial charge in [-0.25, -0.2) is 4.98 Å². The van der Waals surface area contributed by atoms with Crippen LogP contribution in [0.4, 0.5) is 0 Å². The van der Waals surface area contributed by atoms with Crippen molar-refractivity contribution >= 4 is 16.8 Å². The molecule has 1 N–H and O–H groups in total. The number of aromatic nitrogens is 2. The van der Waals surface area contributed by atoms with Gasteiger partial charge in [0.05, 0.1) is 5.52 Å². The van der Waals surface area contributed by atoms with Crippen LogP contribution >= 0.6 is 0 Å². The van der Waals surface area contributed by atoms with Gasteiger partial charge in [-0.15, -0.1) is 0 Å². The molecule has 0 atom stereocenters. The molecule has 0 fully saturated rings. The first-order valence-corrected chi connectivity index (χ1v) is 8.02. The van der Waals surface area contributed by atoms with Gasteiger partial charge in [0.15, 0.2) is 0 Å². The van der Waals surface area contributed by atoms with Gasteiger partial charge in [-0.05, 0) is 23.1 Å². The monoisotopic (exact) mass is 319 g/mol. The number of pyridine rings is 2. The quantitative estimate of drug-likeness (QED) is 0.791. The molecule has 0 bridgehead atoms. The molecule has 0 radical (unpaired) electrons. The number of benzene rings is 1. The van der Waals surface area contributed by atoms with Gasteiger partial charge < -0.3 is 5.32 Å². The molecule has 3 aromatic rings. The molecule has 2 heterocycles. The van der Waals surface area contributed by atoms with E-state index in [0.29, 0.717) is 12.2 Å². The van der Waals surface area contributed by atoms with E-state index in [1.165, 1.54) is 0 Å². The summed E-state index contributed by atoms with van der Waals surface area (Å²) in [6, 6.07) is 13.6. The smallest absolute Gasteiger partial charge is 0.269 e. The van der Waals surface area contributed by atoms with Crippen LogP contribution in [0.3, 0.4) is 0 Å². The Labute approximate surface area is 142 Å². The summed E-state index contributed by atoms with van der Waals surface area (Å²) in [4.78, 5) is 21.3. The Morgan fingerprint density at radius 2 is 1.79 bits per heavy atom. The summed E-state index contributed by atoms with van der Waals surface area (Å²) in [5.74, 6) is -0.150. The van der Waals surface area contributed by atoms with Crippen molar-refractivity contribution in [3.63, 3.8) is 0 Å². The van der Waals surface area contributed by atoms with Crippen LogP contribution in [0.5, 0.6) is 0 Å². The van der Waals surface area contributed by atoms with E-state index in [1.807, 2.05) is 36.4 Å². The molecule has 3 rings (SSSR count). The normalized spacial score (nSPS) is 11.5. The Bertz CT molecular complexity index is 867. The molecule has 1 aromatic carbocycles. The Kier molecular flexibility index (Phi) is 4.30. The summed E-state index contributed by atoms with van der Waals surface area (Å²) in [5, 5.41) is 3.87. The molecule has 0 saturated heterocycles. The molecular formula is C20H21N3O. The standard InChI is InChI=1S/C20H21N3O/c1-20(2,3)13-22-19(24)17-10-9-15-11-21-12-16(18(15)23-17)14-7-5-4-6-8-14/h4-12H,13H2,1-3H3,(H,22,24). The van der Waals surface area contributed by atoms with E-state index in [-0.39, 0.29) is 11.3 Å². The predicted octanol–water partition coefficient (Wildman–Crippen LogP) is 4.07. The second-order valence-corrected chi connectivity index (χ2v) is 7.06. The SMILES string of the molecule is CC(C)(C)CNC(=O)c1ccc2cncc(-c3ccccc3)c2n1. The molecule has 0 saturated carbocycles. The fraction of sp³-hybridized carbons (Fsp3) is 0.250. The highest BCUT2D eigenvalue weighted by Gasteiger charge is 2.15. The van der Waals surface area contributed by atoms with Gasteiger partial charge >= 0.3 is 0 Å². The van der Waals surface area contributed by atoms with Crippen LogP contribution in [0.25, 0.3) is 22.0 Å². The van der Waals surface area contributed by atoms with Crippen LogP contribution in [0.1, 0.15) is 31.3 Å². The van der Waals surface area contributed by atoms with Crippen LogP contribution in [0.2, 0.25) is 0 Å². The van der Waals surface area contributed by atoms with E-state index >= 15 is 0 Å². The van der Waals surface area contributed by atoms with Crippen LogP contribution in [-0.4, -0.2) is 22.4 Å². The third-order valence-electron chi connectivity index (χ3n) is 3.70. The van der Waals surface area contributed by atoms with E-state index in [1.54, 1.807) is 18.5 Å². The second-order valence-electron chi connectivity index (χ2n) is 7.06. The lowest BCUT2D eigenvalue weighted by molar-refractivity contribution is 0.0934. The van der Waals surface area contributed by atoms with Crippen molar-refractivity contribution in [1.82, 2.24) is 15.3 Å². The van der Waals surface area contributed by atoms with E-state index in [0.717, 1.165) is 22.0 Å². The largest absolute Gasteiger partial charge is 0.350 e. The zero-order chi connectivity index (χ0) is 17.2. The number of hydrogen-bond donors (Lipinski definition) is 1. The Balaban J connectivity index is 2.00. The fourth-order valence-corrected chi connectivity index (χ4v) is 2.43. The van der Waals surface area contributed by atoms with Crippen molar-refractivity contribution in [3.8, 4) is 11.1 Å². The van der Waals surface area contributed by atoms with Crippen molar-refractivity contribution in [2.45, 2.75) is 20.8 Å². The van der Waals surface area contributed by atoms with Crippen LogP contribution in [0, 0.1) is 5.41 Å². The van der Waals surface area contributed by atoms with Crippen molar-refractivity contribution in [2.75, 3.05) is 6.54 Å². The summed E-state index contributed by atoms with van der Waals surface area (Å²) < 4.78 is 0. The molecule has 0 aliphatic heterocycles. The Morgan fingerprint density at radius 1 is 1.04 bits per heavy atom. The minimum absolute atomic E-state index is 0.0334. The molecule has 1 amide bonds. The van der Waals surface area contributed by atoms with Crippen LogP contribution in [-0.2, 0) is 0 Å². The number of carbonyl (C=O) groups excluding carboxylic acids is 1. The third kappa shape index (κ3) is 3.59. The van der Waals surface area contributed by atoms with Gasteiger partial charge in [0, 0.05) is 29.9 Å². The van der Waals surface area contributed by atoms with Crippen LogP contribution < -0.4 is 5.32 Å². The average molecular weight is 319 g/mol. The Morgan fingerprint density at radius 3 is 2.50 bits per heavy atom. The first-order valence-electron chi connectivity index (χ1n) is 8.02. The number of rotatable bonds is 3. The molecule has 24 heavy (non-hydrogen) atoms. The lowest BCUT2D eigenvalue weighted by Crippen LogP contribution is -2.32. The van der Waals surface area contributed by atoms with Crippen molar-refractivity contribution in [2.24, 2.45) is 5.41 Å². The average Bonchev–Trinajstić information content (AvgIpc) is 2.59. The maximum Gasteiger partial charge on any atom is 0.269 e. The van der Waals surface area contributed by atoms with E-state index in [9.17, 15) is 4.79 Å². The topological polar surface area (TPSA) is 54.9 Å². The summed E-state index contributed by atoms with van der Waals surface area (Å²) in [6.07, 6.45) is 3.56. The summed E-state index contributed by atoms with van der Waals surface area (Å²) in [5.41, 5.74) is 3.22. The predicted molar refractivity (Wildman–Crippen MR) is 96.8 cm³/mol. The summed E-state index contributed by atoms with van der Waals surface area (Å²) >= 11 is 0. The van der Waals surface area contributed by atoms with Crippen molar-refractivity contribution in [1.29, 1.82) is 0 Å². The minimum Gasteiger partial charge on any atom is -0.350 e. The highest BCUT2D eigenvalue weighted by atomic mass is 16.1. The maximum atomic E-state index is 12.4. The first-order chi connectivity index (χ1) is 11.4. The van der Waals surface area contributed by atoms with Crippen LogP contribution in [0.15, 0.2) is 54.9 Å². The van der Waals surface area contributed by atoms with E-state index < -0.39 is 0 Å². The molecule has 0 aliphatic carbocycles. The number of nitrogens with zero attached hydrogens (tertiary/aromatic N) is 2. The molecule has 0 unspecified atom stereocenters. The lowest BCUT2D eigenvalue weighted by Gasteiger charge is -2.18. The molecule has 122 valence electrons. The fourth-order valence-electron chi connectivity index (χ4n) is 2.43.